The molecule has 1 aromatic heterocycles. The van der Waals surface area contributed by atoms with Gasteiger partial charge in [0.05, 0.1) is 12.2 Å². The smallest absolute Gasteiger partial charge is 0.254 e. The maximum absolute atomic E-state index is 12.8. The Balaban J connectivity index is 1.61. The summed E-state index contributed by atoms with van der Waals surface area (Å²) in [6.07, 6.45) is 3.59. The van der Waals surface area contributed by atoms with E-state index in [1.807, 2.05) is 31.2 Å². The molecular formula is C21H25N5O2. The van der Waals surface area contributed by atoms with Crippen LogP contribution in [0.25, 0.3) is 11.3 Å². The van der Waals surface area contributed by atoms with Gasteiger partial charge in [-0.2, -0.15) is 0 Å². The van der Waals surface area contributed by atoms with Gasteiger partial charge in [-0.25, -0.2) is 9.97 Å². The van der Waals surface area contributed by atoms with Gasteiger partial charge in [-0.3, -0.25) is 9.59 Å². The molecule has 3 heterocycles. The third-order valence-corrected chi connectivity index (χ3v) is 5.21. The predicted molar refractivity (Wildman–Crippen MR) is 107 cm³/mol. The Hall–Kier alpha value is -2.96. The molecule has 2 aliphatic heterocycles. The van der Waals surface area contributed by atoms with Crippen LogP contribution in [-0.2, 0) is 4.79 Å². The van der Waals surface area contributed by atoms with Crippen LogP contribution in [0.3, 0.4) is 0 Å². The van der Waals surface area contributed by atoms with E-state index in [1.54, 1.807) is 11.0 Å². The molecule has 2 fully saturated rings. The van der Waals surface area contributed by atoms with Crippen LogP contribution in [0.1, 0.15) is 35.3 Å². The SMILES string of the molecule is Cc1cc(-c2cccc(C(=O)N3CCNC(=O)C3)c2)nc(N2CCCCC2)n1. The Labute approximate surface area is 164 Å². The van der Waals surface area contributed by atoms with Crippen molar-refractivity contribution < 1.29 is 9.59 Å². The van der Waals surface area contributed by atoms with Crippen molar-refractivity contribution in [2.24, 2.45) is 0 Å². The number of carbonyl (C=O) groups is 2. The first-order valence-corrected chi connectivity index (χ1v) is 9.87. The molecule has 2 amide bonds. The molecule has 0 unspecified atom stereocenters. The number of piperazine rings is 1. The molecule has 0 radical (unpaired) electrons. The van der Waals surface area contributed by atoms with E-state index in [2.05, 4.69) is 15.2 Å². The third-order valence-electron chi connectivity index (χ3n) is 5.21. The van der Waals surface area contributed by atoms with Crippen LogP contribution >= 0.6 is 0 Å². The third kappa shape index (κ3) is 3.98. The second kappa shape index (κ2) is 7.96. The fraction of sp³-hybridized carbons (Fsp3) is 0.429. The van der Waals surface area contributed by atoms with Crippen molar-refractivity contribution in [2.45, 2.75) is 26.2 Å². The molecule has 1 aromatic carbocycles. The minimum Gasteiger partial charge on any atom is -0.353 e. The fourth-order valence-corrected chi connectivity index (χ4v) is 3.74. The number of nitrogens with one attached hydrogen (secondary N) is 1. The summed E-state index contributed by atoms with van der Waals surface area (Å²) in [7, 11) is 0. The highest BCUT2D eigenvalue weighted by Gasteiger charge is 2.23. The zero-order valence-electron chi connectivity index (χ0n) is 16.1. The molecule has 28 heavy (non-hydrogen) atoms. The van der Waals surface area contributed by atoms with Crippen molar-refractivity contribution >= 4 is 17.8 Å². The standard InChI is InChI=1S/C21H25N5O2/c1-15-12-18(24-21(23-15)25-9-3-2-4-10-25)16-6-5-7-17(13-16)20(28)26-11-8-22-19(27)14-26/h5-7,12-13H,2-4,8-11,14H2,1H3,(H,22,27). The van der Waals surface area contributed by atoms with Crippen LogP contribution < -0.4 is 10.2 Å². The molecular weight excluding hydrogens is 354 g/mol. The number of benzene rings is 1. The van der Waals surface area contributed by atoms with Crippen molar-refractivity contribution in [1.82, 2.24) is 20.2 Å². The Morgan fingerprint density at radius 2 is 1.89 bits per heavy atom. The average Bonchev–Trinajstić information content (AvgIpc) is 2.73. The molecule has 4 rings (SSSR count). The zero-order chi connectivity index (χ0) is 19.5. The highest BCUT2D eigenvalue weighted by molar-refractivity contribution is 5.98. The lowest BCUT2D eigenvalue weighted by atomic mass is 10.1. The van der Waals surface area contributed by atoms with E-state index in [0.717, 1.165) is 36.0 Å². The molecule has 0 atom stereocenters. The monoisotopic (exact) mass is 379 g/mol. The Kier molecular flexibility index (Phi) is 5.23. The number of aryl methyl sites for hydroxylation is 1. The van der Waals surface area contributed by atoms with Crippen LogP contribution in [0.4, 0.5) is 5.95 Å². The van der Waals surface area contributed by atoms with Gasteiger partial charge < -0.3 is 15.1 Å². The van der Waals surface area contributed by atoms with Crippen LogP contribution in [0.2, 0.25) is 0 Å². The number of aromatic nitrogens is 2. The fourth-order valence-electron chi connectivity index (χ4n) is 3.74. The minimum absolute atomic E-state index is 0.106. The number of hydrogen-bond acceptors (Lipinski definition) is 5. The van der Waals surface area contributed by atoms with E-state index in [9.17, 15) is 9.59 Å². The number of rotatable bonds is 3. The average molecular weight is 379 g/mol. The number of nitrogens with zero attached hydrogens (tertiary/aromatic N) is 4. The molecule has 0 saturated carbocycles. The molecule has 2 aromatic rings. The van der Waals surface area contributed by atoms with E-state index in [-0.39, 0.29) is 18.4 Å². The Morgan fingerprint density at radius 1 is 1.07 bits per heavy atom. The van der Waals surface area contributed by atoms with Gasteiger partial charge >= 0.3 is 0 Å². The van der Waals surface area contributed by atoms with Crippen LogP contribution in [0, 0.1) is 6.92 Å². The first-order valence-electron chi connectivity index (χ1n) is 9.87. The van der Waals surface area contributed by atoms with Crippen molar-refractivity contribution in [1.29, 1.82) is 0 Å². The number of piperidine rings is 1. The first-order chi connectivity index (χ1) is 13.6. The maximum Gasteiger partial charge on any atom is 0.254 e. The van der Waals surface area contributed by atoms with Gasteiger partial charge in [-0.05, 0) is 44.4 Å². The molecule has 7 heteroatoms. The van der Waals surface area contributed by atoms with Gasteiger partial charge in [0.15, 0.2) is 0 Å². The number of carbonyl (C=O) groups excluding carboxylic acids is 2. The van der Waals surface area contributed by atoms with Gasteiger partial charge in [0.25, 0.3) is 5.91 Å². The summed E-state index contributed by atoms with van der Waals surface area (Å²) in [5, 5.41) is 2.74. The van der Waals surface area contributed by atoms with E-state index in [1.165, 1.54) is 19.3 Å². The highest BCUT2D eigenvalue weighted by atomic mass is 16.2. The zero-order valence-corrected chi connectivity index (χ0v) is 16.1. The Morgan fingerprint density at radius 3 is 2.68 bits per heavy atom. The lowest BCUT2D eigenvalue weighted by Crippen LogP contribution is -2.49. The lowest BCUT2D eigenvalue weighted by molar-refractivity contribution is -0.123. The molecule has 1 N–H and O–H groups in total. The van der Waals surface area contributed by atoms with E-state index >= 15 is 0 Å². The summed E-state index contributed by atoms with van der Waals surface area (Å²) in [6.45, 7) is 5.07. The van der Waals surface area contributed by atoms with E-state index < -0.39 is 0 Å². The second-order valence-electron chi connectivity index (χ2n) is 7.40. The molecule has 0 aliphatic carbocycles. The topological polar surface area (TPSA) is 78.4 Å². The van der Waals surface area contributed by atoms with Crippen LogP contribution in [0.15, 0.2) is 30.3 Å². The van der Waals surface area contributed by atoms with Crippen LogP contribution in [0.5, 0.6) is 0 Å². The van der Waals surface area contributed by atoms with Crippen molar-refractivity contribution in [2.75, 3.05) is 37.6 Å². The maximum atomic E-state index is 12.8. The predicted octanol–water partition coefficient (Wildman–Crippen LogP) is 2.01. The molecule has 0 bridgehead atoms. The van der Waals surface area contributed by atoms with Gasteiger partial charge in [-0.1, -0.05) is 12.1 Å². The quantitative estimate of drug-likeness (QED) is 0.883. The summed E-state index contributed by atoms with van der Waals surface area (Å²) >= 11 is 0. The summed E-state index contributed by atoms with van der Waals surface area (Å²) in [4.78, 5) is 37.6. The van der Waals surface area contributed by atoms with Crippen molar-refractivity contribution in [3.63, 3.8) is 0 Å². The van der Waals surface area contributed by atoms with Gasteiger partial charge in [0, 0.05) is 43.0 Å². The molecule has 2 aliphatic rings. The summed E-state index contributed by atoms with van der Waals surface area (Å²) < 4.78 is 0. The van der Waals surface area contributed by atoms with Gasteiger partial charge in [0.2, 0.25) is 11.9 Å². The first kappa shape index (κ1) is 18.4. The number of amides is 2. The second-order valence-corrected chi connectivity index (χ2v) is 7.40. The molecule has 146 valence electrons. The van der Waals surface area contributed by atoms with Crippen LogP contribution in [-0.4, -0.2) is 59.4 Å². The van der Waals surface area contributed by atoms with E-state index in [4.69, 9.17) is 4.98 Å². The van der Waals surface area contributed by atoms with Crippen molar-refractivity contribution in [3.8, 4) is 11.3 Å². The number of hydrogen-bond donors (Lipinski definition) is 1. The molecule has 7 nitrogen and oxygen atoms in total. The lowest BCUT2D eigenvalue weighted by Gasteiger charge is -2.27. The number of anilines is 1. The van der Waals surface area contributed by atoms with Crippen molar-refractivity contribution in [3.05, 3.63) is 41.6 Å². The van der Waals surface area contributed by atoms with Gasteiger partial charge in [0.1, 0.15) is 0 Å². The summed E-state index contributed by atoms with van der Waals surface area (Å²) in [5.41, 5.74) is 3.19. The highest BCUT2D eigenvalue weighted by Crippen LogP contribution is 2.24. The summed E-state index contributed by atoms with van der Waals surface area (Å²) in [5.74, 6) is 0.520. The minimum atomic E-state index is -0.126. The van der Waals surface area contributed by atoms with E-state index in [0.29, 0.717) is 18.7 Å². The Bertz CT molecular complexity index is 892. The molecule has 0 spiro atoms. The molecule has 2 saturated heterocycles. The normalized spacial score (nSPS) is 17.4. The largest absolute Gasteiger partial charge is 0.353 e. The summed E-state index contributed by atoms with van der Waals surface area (Å²) in [6, 6.07) is 9.42. The van der Waals surface area contributed by atoms with Gasteiger partial charge in [-0.15, -0.1) is 0 Å².